The van der Waals surface area contributed by atoms with Gasteiger partial charge in [0.15, 0.2) is 6.10 Å². The van der Waals surface area contributed by atoms with Gasteiger partial charge in [0.05, 0.1) is 0 Å². The van der Waals surface area contributed by atoms with E-state index in [1.165, 1.54) is 173 Å². The van der Waals surface area contributed by atoms with Crippen molar-refractivity contribution in [3.63, 3.8) is 0 Å². The van der Waals surface area contributed by atoms with Gasteiger partial charge >= 0.3 is 17.9 Å². The molecule has 0 bridgehead atoms. The first-order chi connectivity index (χ1) is 32.5. The van der Waals surface area contributed by atoms with E-state index in [2.05, 4.69) is 69.4 Å². The van der Waals surface area contributed by atoms with Crippen molar-refractivity contribution in [1.29, 1.82) is 0 Å². The van der Waals surface area contributed by atoms with Gasteiger partial charge in [0, 0.05) is 19.3 Å². The first-order valence-corrected chi connectivity index (χ1v) is 28.6. The Labute approximate surface area is 409 Å². The van der Waals surface area contributed by atoms with Gasteiger partial charge < -0.3 is 14.2 Å². The summed E-state index contributed by atoms with van der Waals surface area (Å²) in [4.78, 5) is 37.9. The lowest BCUT2D eigenvalue weighted by Crippen LogP contribution is -2.30. The zero-order valence-corrected chi connectivity index (χ0v) is 44.0. The van der Waals surface area contributed by atoms with E-state index >= 15 is 0 Å². The summed E-state index contributed by atoms with van der Waals surface area (Å²) in [6.45, 7) is 6.49. The van der Waals surface area contributed by atoms with Gasteiger partial charge in [-0.25, -0.2) is 0 Å². The largest absolute Gasteiger partial charge is 0.462 e. The lowest BCUT2D eigenvalue weighted by molar-refractivity contribution is -0.167. The lowest BCUT2D eigenvalue weighted by Gasteiger charge is -2.18. The second kappa shape index (κ2) is 55.0. The highest BCUT2D eigenvalue weighted by molar-refractivity contribution is 5.71. The first kappa shape index (κ1) is 63.4. The summed E-state index contributed by atoms with van der Waals surface area (Å²) >= 11 is 0. The highest BCUT2D eigenvalue weighted by Gasteiger charge is 2.19. The summed E-state index contributed by atoms with van der Waals surface area (Å²) in [5.41, 5.74) is 0. The third-order valence-electron chi connectivity index (χ3n) is 12.6. The Morgan fingerprint density at radius 2 is 0.591 bits per heavy atom. The van der Waals surface area contributed by atoms with Crippen LogP contribution in [0.2, 0.25) is 0 Å². The van der Waals surface area contributed by atoms with Crippen LogP contribution in [0.3, 0.4) is 0 Å². The predicted octanol–water partition coefficient (Wildman–Crippen LogP) is 19.0. The Hall–Kier alpha value is -2.63. The number of carbonyl (C=O) groups excluding carboxylic acids is 3. The van der Waals surface area contributed by atoms with Crippen molar-refractivity contribution >= 4 is 17.9 Å². The van der Waals surface area contributed by atoms with Crippen LogP contribution in [0.4, 0.5) is 0 Å². The maximum atomic E-state index is 12.8. The molecule has 0 aliphatic carbocycles. The van der Waals surface area contributed by atoms with E-state index in [4.69, 9.17) is 14.2 Å². The molecule has 0 aromatic heterocycles. The number of rotatable bonds is 52. The number of hydrogen-bond acceptors (Lipinski definition) is 6. The minimum Gasteiger partial charge on any atom is -0.462 e. The van der Waals surface area contributed by atoms with E-state index in [1.807, 2.05) is 0 Å². The molecule has 0 N–H and O–H groups in total. The van der Waals surface area contributed by atoms with Gasteiger partial charge in [-0.3, -0.25) is 14.4 Å². The van der Waals surface area contributed by atoms with E-state index < -0.39 is 6.10 Å². The van der Waals surface area contributed by atoms with Gasteiger partial charge in [0.2, 0.25) is 0 Å². The number of unbranched alkanes of at least 4 members (excludes halogenated alkanes) is 33. The van der Waals surface area contributed by atoms with Gasteiger partial charge in [-0.1, -0.05) is 249 Å². The van der Waals surface area contributed by atoms with Crippen molar-refractivity contribution < 1.29 is 28.6 Å². The first-order valence-electron chi connectivity index (χ1n) is 28.6. The average molecular weight is 926 g/mol. The molecule has 0 spiro atoms. The van der Waals surface area contributed by atoms with Crippen LogP contribution in [0.1, 0.15) is 297 Å². The molecule has 0 radical (unpaired) electrons. The summed E-state index contributed by atoms with van der Waals surface area (Å²) in [6, 6.07) is 0. The minimum atomic E-state index is -0.783. The van der Waals surface area contributed by atoms with Crippen LogP contribution in [-0.2, 0) is 28.6 Å². The van der Waals surface area contributed by atoms with Crippen molar-refractivity contribution in [2.75, 3.05) is 13.2 Å². The zero-order chi connectivity index (χ0) is 47.9. The smallest absolute Gasteiger partial charge is 0.306 e. The van der Waals surface area contributed by atoms with E-state index in [0.29, 0.717) is 19.3 Å². The van der Waals surface area contributed by atoms with Gasteiger partial charge in [-0.05, 0) is 77.0 Å². The van der Waals surface area contributed by atoms with Crippen LogP contribution in [0.25, 0.3) is 0 Å². The Morgan fingerprint density at radius 3 is 0.955 bits per heavy atom. The van der Waals surface area contributed by atoms with E-state index in [9.17, 15) is 14.4 Å². The van der Waals surface area contributed by atoms with Crippen molar-refractivity contribution in [1.82, 2.24) is 0 Å². The van der Waals surface area contributed by atoms with Crippen molar-refractivity contribution in [3.8, 4) is 0 Å². The van der Waals surface area contributed by atoms with Crippen LogP contribution >= 0.6 is 0 Å². The number of esters is 3. The fourth-order valence-corrected chi connectivity index (χ4v) is 8.28. The van der Waals surface area contributed by atoms with Crippen molar-refractivity contribution in [2.45, 2.75) is 303 Å². The SMILES string of the molecule is CC/C=C\C/C=C\C/C=C\CCCCCC(=O)OC(COC(=O)CCCCCCCCCC)COC(=O)CCCCCCCCCCCCCCCCC/C=C\CCCCCCCCCC. The Balaban J connectivity index is 4.10. The summed E-state index contributed by atoms with van der Waals surface area (Å²) < 4.78 is 16.7. The molecule has 0 aromatic rings. The molecular weight excluding hydrogens is 817 g/mol. The fourth-order valence-electron chi connectivity index (χ4n) is 8.28. The number of carbonyl (C=O) groups is 3. The Morgan fingerprint density at radius 1 is 0.318 bits per heavy atom. The average Bonchev–Trinajstić information content (AvgIpc) is 3.31. The quantitative estimate of drug-likeness (QED) is 0.0262. The Bertz CT molecular complexity index is 1150. The third-order valence-corrected chi connectivity index (χ3v) is 12.6. The summed E-state index contributed by atoms with van der Waals surface area (Å²) in [5, 5.41) is 0. The number of ether oxygens (including phenoxy) is 3. The van der Waals surface area contributed by atoms with Crippen LogP contribution in [0, 0.1) is 0 Å². The van der Waals surface area contributed by atoms with E-state index in [0.717, 1.165) is 83.5 Å². The van der Waals surface area contributed by atoms with Crippen LogP contribution in [-0.4, -0.2) is 37.2 Å². The van der Waals surface area contributed by atoms with Crippen LogP contribution in [0.15, 0.2) is 48.6 Å². The molecule has 6 nitrogen and oxygen atoms in total. The molecule has 0 saturated heterocycles. The highest BCUT2D eigenvalue weighted by atomic mass is 16.6. The maximum absolute atomic E-state index is 12.8. The molecule has 0 rings (SSSR count). The van der Waals surface area contributed by atoms with E-state index in [-0.39, 0.29) is 31.1 Å². The lowest BCUT2D eigenvalue weighted by atomic mass is 10.0. The topological polar surface area (TPSA) is 78.9 Å². The van der Waals surface area contributed by atoms with Crippen LogP contribution in [0.5, 0.6) is 0 Å². The molecule has 66 heavy (non-hydrogen) atoms. The molecule has 0 saturated carbocycles. The standard InChI is InChI=1S/C60H108O6/c1-4-7-10-13-16-19-21-23-24-25-26-27-28-29-30-31-32-33-34-35-36-38-39-41-44-47-50-53-59(62)65-56-57(55-64-58(61)52-49-46-43-18-15-12-9-6-3)66-60(63)54-51-48-45-42-40-37-22-20-17-14-11-8-5-2/h8,11,17,20,25-26,37,40,57H,4-7,9-10,12-16,18-19,21-24,27-36,38-39,41-56H2,1-3H3/b11-8-,20-17-,26-25-,40-37-. The maximum Gasteiger partial charge on any atom is 0.306 e. The van der Waals surface area contributed by atoms with Gasteiger partial charge in [0.1, 0.15) is 13.2 Å². The van der Waals surface area contributed by atoms with Crippen LogP contribution < -0.4 is 0 Å². The van der Waals surface area contributed by atoms with Gasteiger partial charge in [0.25, 0.3) is 0 Å². The molecule has 0 amide bonds. The molecule has 0 fully saturated rings. The monoisotopic (exact) mass is 925 g/mol. The normalized spacial score (nSPS) is 12.3. The molecule has 1 atom stereocenters. The zero-order valence-electron chi connectivity index (χ0n) is 44.0. The summed E-state index contributed by atoms with van der Waals surface area (Å²) in [7, 11) is 0. The molecule has 0 aliphatic rings. The van der Waals surface area contributed by atoms with Crippen molar-refractivity contribution in [3.05, 3.63) is 48.6 Å². The van der Waals surface area contributed by atoms with E-state index in [1.54, 1.807) is 0 Å². The van der Waals surface area contributed by atoms with Gasteiger partial charge in [-0.15, -0.1) is 0 Å². The molecule has 1 unspecified atom stereocenters. The Kier molecular flexibility index (Phi) is 52.8. The van der Waals surface area contributed by atoms with Crippen molar-refractivity contribution in [2.24, 2.45) is 0 Å². The fraction of sp³-hybridized carbons (Fsp3) is 0.817. The number of allylic oxidation sites excluding steroid dienone is 8. The van der Waals surface area contributed by atoms with Gasteiger partial charge in [-0.2, -0.15) is 0 Å². The molecule has 6 heteroatoms. The third kappa shape index (κ3) is 52.3. The molecule has 0 aliphatic heterocycles. The second-order valence-corrected chi connectivity index (χ2v) is 19.2. The molecule has 0 heterocycles. The predicted molar refractivity (Wildman–Crippen MR) is 284 cm³/mol. The molecule has 384 valence electrons. The molecule has 0 aromatic carbocycles. The summed E-state index contributed by atoms with van der Waals surface area (Å²) in [5.74, 6) is -0.906. The number of hydrogen-bond donors (Lipinski definition) is 0. The second-order valence-electron chi connectivity index (χ2n) is 19.2. The molecular formula is C60H108O6. The summed E-state index contributed by atoms with van der Waals surface area (Å²) in [6.07, 6.45) is 67.1. The minimum absolute atomic E-state index is 0.0823. The highest BCUT2D eigenvalue weighted by Crippen LogP contribution is 2.16.